The Hall–Kier alpha value is -1.06. The van der Waals surface area contributed by atoms with Gasteiger partial charge in [0.15, 0.2) is 0 Å². The summed E-state index contributed by atoms with van der Waals surface area (Å²) in [4.78, 5) is 12.4. The van der Waals surface area contributed by atoms with Gasteiger partial charge in [-0.15, -0.1) is 0 Å². The van der Waals surface area contributed by atoms with Crippen molar-refractivity contribution in [2.75, 3.05) is 19.7 Å². The highest BCUT2D eigenvalue weighted by molar-refractivity contribution is 6.31. The van der Waals surface area contributed by atoms with Gasteiger partial charge in [0.2, 0.25) is 0 Å². The topological polar surface area (TPSA) is 38.3 Å². The van der Waals surface area contributed by atoms with E-state index in [4.69, 9.17) is 16.3 Å². The lowest BCUT2D eigenvalue weighted by molar-refractivity contribution is -0.151. The minimum atomic E-state index is -0.584. The number of carbonyl (C=O) groups excluding carboxylic acids is 1. The van der Waals surface area contributed by atoms with Crippen LogP contribution in [0.15, 0.2) is 24.3 Å². The van der Waals surface area contributed by atoms with E-state index in [1.807, 2.05) is 31.2 Å². The number of hydrogen-bond donors (Lipinski definition) is 1. The summed E-state index contributed by atoms with van der Waals surface area (Å²) in [6.45, 7) is 3.85. The number of ether oxygens (including phenoxy) is 1. The third-order valence-electron chi connectivity index (χ3n) is 3.51. The molecular formula is C14H18ClNO2. The number of esters is 1. The molecule has 18 heavy (non-hydrogen) atoms. The molecule has 1 aliphatic heterocycles. The number of carbonyl (C=O) groups is 1. The normalized spacial score (nSPS) is 18.3. The first-order chi connectivity index (χ1) is 8.70. The summed E-state index contributed by atoms with van der Waals surface area (Å²) in [5.41, 5.74) is 0.311. The summed E-state index contributed by atoms with van der Waals surface area (Å²) in [6.07, 6.45) is 1.46. The van der Waals surface area contributed by atoms with E-state index >= 15 is 0 Å². The minimum Gasteiger partial charge on any atom is -0.465 e. The fourth-order valence-electron chi connectivity index (χ4n) is 2.56. The molecule has 0 amide bonds. The molecule has 0 aliphatic carbocycles. The number of hydrogen-bond acceptors (Lipinski definition) is 3. The summed E-state index contributed by atoms with van der Waals surface area (Å²) in [5, 5.41) is 3.92. The van der Waals surface area contributed by atoms with Gasteiger partial charge in [0.1, 0.15) is 0 Å². The average molecular weight is 268 g/mol. The van der Waals surface area contributed by atoms with Crippen LogP contribution in [0.4, 0.5) is 0 Å². The van der Waals surface area contributed by atoms with Gasteiger partial charge in [-0.25, -0.2) is 0 Å². The molecule has 4 heteroatoms. The number of benzene rings is 1. The molecule has 0 unspecified atom stereocenters. The molecule has 1 heterocycles. The van der Waals surface area contributed by atoms with Crippen LogP contribution in [0.25, 0.3) is 0 Å². The highest BCUT2D eigenvalue weighted by Crippen LogP contribution is 2.38. The van der Waals surface area contributed by atoms with Crippen molar-refractivity contribution in [1.29, 1.82) is 0 Å². The van der Waals surface area contributed by atoms with Crippen molar-refractivity contribution >= 4 is 17.6 Å². The van der Waals surface area contributed by atoms with Crippen LogP contribution in [0.2, 0.25) is 5.02 Å². The lowest BCUT2D eigenvalue weighted by atomic mass is 9.73. The van der Waals surface area contributed by atoms with E-state index in [9.17, 15) is 4.79 Å². The second-order valence-electron chi connectivity index (χ2n) is 4.53. The van der Waals surface area contributed by atoms with Crippen LogP contribution in [0, 0.1) is 0 Å². The van der Waals surface area contributed by atoms with Crippen LogP contribution in [0.1, 0.15) is 25.3 Å². The molecule has 0 spiro atoms. The molecule has 1 aliphatic rings. The minimum absolute atomic E-state index is 0.153. The second-order valence-corrected chi connectivity index (χ2v) is 4.94. The first-order valence-electron chi connectivity index (χ1n) is 6.33. The van der Waals surface area contributed by atoms with E-state index in [2.05, 4.69) is 5.32 Å². The van der Waals surface area contributed by atoms with Crippen molar-refractivity contribution in [2.24, 2.45) is 0 Å². The third-order valence-corrected chi connectivity index (χ3v) is 3.84. The molecule has 98 valence electrons. The van der Waals surface area contributed by atoms with Crippen LogP contribution in [-0.2, 0) is 14.9 Å². The Morgan fingerprint density at radius 2 is 2.06 bits per heavy atom. The predicted molar refractivity (Wildman–Crippen MR) is 71.9 cm³/mol. The molecular weight excluding hydrogens is 250 g/mol. The molecule has 0 bridgehead atoms. The van der Waals surface area contributed by atoms with E-state index in [1.54, 1.807) is 0 Å². The lowest BCUT2D eigenvalue weighted by Gasteiger charge is -2.36. The van der Waals surface area contributed by atoms with Crippen molar-refractivity contribution in [3.63, 3.8) is 0 Å². The Morgan fingerprint density at radius 1 is 1.39 bits per heavy atom. The molecule has 0 atom stereocenters. The van der Waals surface area contributed by atoms with Crippen LogP contribution >= 0.6 is 11.6 Å². The van der Waals surface area contributed by atoms with E-state index in [1.165, 1.54) is 0 Å². The van der Waals surface area contributed by atoms with Crippen molar-refractivity contribution in [3.8, 4) is 0 Å². The van der Waals surface area contributed by atoms with Crippen molar-refractivity contribution in [2.45, 2.75) is 25.2 Å². The molecule has 0 aromatic heterocycles. The number of nitrogens with one attached hydrogen (secondary N) is 1. The molecule has 1 fully saturated rings. The Bertz CT molecular complexity index is 428. The van der Waals surface area contributed by atoms with Crippen LogP contribution in [0.5, 0.6) is 0 Å². The smallest absolute Gasteiger partial charge is 0.316 e. The maximum Gasteiger partial charge on any atom is 0.316 e. The second kappa shape index (κ2) is 5.72. The van der Waals surface area contributed by atoms with Gasteiger partial charge in [-0.1, -0.05) is 29.8 Å². The van der Waals surface area contributed by atoms with E-state index in [-0.39, 0.29) is 5.97 Å². The molecule has 1 aromatic carbocycles. The molecule has 1 N–H and O–H groups in total. The number of halogens is 1. The van der Waals surface area contributed by atoms with Crippen molar-refractivity contribution in [1.82, 2.24) is 5.32 Å². The molecule has 1 aromatic rings. The fraction of sp³-hybridized carbons (Fsp3) is 0.500. The van der Waals surface area contributed by atoms with Crippen LogP contribution in [-0.4, -0.2) is 25.7 Å². The fourth-order valence-corrected chi connectivity index (χ4v) is 2.87. The molecule has 0 saturated carbocycles. The van der Waals surface area contributed by atoms with Gasteiger partial charge in [0.25, 0.3) is 0 Å². The number of piperidine rings is 1. The summed E-state index contributed by atoms with van der Waals surface area (Å²) < 4.78 is 5.27. The molecule has 3 nitrogen and oxygen atoms in total. The summed E-state index contributed by atoms with van der Waals surface area (Å²) in [7, 11) is 0. The van der Waals surface area contributed by atoms with Crippen LogP contribution in [0.3, 0.4) is 0 Å². The SMILES string of the molecule is CCOC(=O)C1(c2ccccc2Cl)CCNCC1. The number of rotatable bonds is 3. The molecule has 2 rings (SSSR count). The van der Waals surface area contributed by atoms with Crippen LogP contribution < -0.4 is 5.32 Å². The van der Waals surface area contributed by atoms with Gasteiger partial charge in [0, 0.05) is 5.02 Å². The molecule has 0 radical (unpaired) electrons. The van der Waals surface area contributed by atoms with Gasteiger partial charge >= 0.3 is 5.97 Å². The molecule has 1 saturated heterocycles. The summed E-state index contributed by atoms with van der Waals surface area (Å²) >= 11 is 6.26. The van der Waals surface area contributed by atoms with Gasteiger partial charge in [-0.2, -0.15) is 0 Å². The predicted octanol–water partition coefficient (Wildman–Crippen LogP) is 2.52. The largest absolute Gasteiger partial charge is 0.465 e. The Morgan fingerprint density at radius 3 is 2.67 bits per heavy atom. The zero-order valence-corrected chi connectivity index (χ0v) is 11.3. The van der Waals surface area contributed by atoms with E-state index in [0.717, 1.165) is 31.5 Å². The first-order valence-corrected chi connectivity index (χ1v) is 6.71. The zero-order chi connectivity index (χ0) is 13.0. The summed E-state index contributed by atoms with van der Waals surface area (Å²) in [5.74, 6) is -0.153. The van der Waals surface area contributed by atoms with E-state index < -0.39 is 5.41 Å². The third kappa shape index (κ3) is 2.38. The van der Waals surface area contributed by atoms with Gasteiger partial charge in [0.05, 0.1) is 12.0 Å². The average Bonchev–Trinajstić information content (AvgIpc) is 2.40. The highest BCUT2D eigenvalue weighted by Gasteiger charge is 2.43. The Labute approximate surface area is 112 Å². The maximum absolute atomic E-state index is 12.4. The van der Waals surface area contributed by atoms with E-state index in [0.29, 0.717) is 11.6 Å². The quantitative estimate of drug-likeness (QED) is 0.856. The highest BCUT2D eigenvalue weighted by atomic mass is 35.5. The Kier molecular flexibility index (Phi) is 4.25. The van der Waals surface area contributed by atoms with Crippen molar-refractivity contribution in [3.05, 3.63) is 34.9 Å². The lowest BCUT2D eigenvalue weighted by Crippen LogP contribution is -2.46. The standard InChI is InChI=1S/C14H18ClNO2/c1-2-18-13(17)14(7-9-16-10-8-14)11-5-3-4-6-12(11)15/h3-6,16H,2,7-10H2,1H3. The monoisotopic (exact) mass is 267 g/mol. The Balaban J connectivity index is 2.41. The van der Waals surface area contributed by atoms with Gasteiger partial charge < -0.3 is 10.1 Å². The van der Waals surface area contributed by atoms with Gasteiger partial charge in [-0.05, 0) is 44.5 Å². The maximum atomic E-state index is 12.4. The first kappa shape index (κ1) is 13.4. The van der Waals surface area contributed by atoms with Crippen molar-refractivity contribution < 1.29 is 9.53 Å². The zero-order valence-electron chi connectivity index (χ0n) is 10.5. The summed E-state index contributed by atoms with van der Waals surface area (Å²) in [6, 6.07) is 7.57. The van der Waals surface area contributed by atoms with Gasteiger partial charge in [-0.3, -0.25) is 4.79 Å².